The van der Waals surface area contributed by atoms with E-state index >= 15 is 0 Å². The molecule has 0 saturated carbocycles. The zero-order valence-corrected chi connectivity index (χ0v) is 9.88. The van der Waals surface area contributed by atoms with E-state index in [1.807, 2.05) is 31.2 Å². The SMILES string of the molecule is Cc1ccc2cc(C(=O)C=CC(=O)O)ccc2c1. The maximum Gasteiger partial charge on any atom is 0.328 e. The van der Waals surface area contributed by atoms with E-state index in [1.165, 1.54) is 0 Å². The summed E-state index contributed by atoms with van der Waals surface area (Å²) in [6.07, 6.45) is 1.92. The molecule has 0 aliphatic heterocycles. The molecule has 3 nitrogen and oxygen atoms in total. The molecule has 0 spiro atoms. The Morgan fingerprint density at radius 3 is 2.39 bits per heavy atom. The monoisotopic (exact) mass is 240 g/mol. The van der Waals surface area contributed by atoms with Crippen molar-refractivity contribution in [2.45, 2.75) is 6.92 Å². The summed E-state index contributed by atoms with van der Waals surface area (Å²) in [4.78, 5) is 22.1. The van der Waals surface area contributed by atoms with Gasteiger partial charge in [-0.3, -0.25) is 4.79 Å². The maximum atomic E-state index is 11.7. The Labute approximate surface area is 104 Å². The van der Waals surface area contributed by atoms with E-state index in [0.717, 1.165) is 28.5 Å². The average molecular weight is 240 g/mol. The van der Waals surface area contributed by atoms with Gasteiger partial charge < -0.3 is 5.11 Å². The highest BCUT2D eigenvalue weighted by Gasteiger charge is 2.03. The number of hydrogen-bond donors (Lipinski definition) is 1. The number of aliphatic carboxylic acids is 1. The van der Waals surface area contributed by atoms with Gasteiger partial charge in [0, 0.05) is 11.6 Å². The first kappa shape index (κ1) is 12.0. The number of carbonyl (C=O) groups excluding carboxylic acids is 1. The number of rotatable bonds is 3. The lowest BCUT2D eigenvalue weighted by molar-refractivity contribution is -0.131. The molecule has 1 N–H and O–H groups in total. The second-order valence-corrected chi connectivity index (χ2v) is 4.10. The number of aryl methyl sites for hydroxylation is 1. The molecule has 0 saturated heterocycles. The number of fused-ring (bicyclic) bond motifs is 1. The molecule has 90 valence electrons. The van der Waals surface area contributed by atoms with Crippen LogP contribution in [0.1, 0.15) is 15.9 Å². The summed E-state index contributed by atoms with van der Waals surface area (Å²) in [7, 11) is 0. The molecule has 0 atom stereocenters. The Morgan fingerprint density at radius 1 is 1.00 bits per heavy atom. The third-order valence-electron chi connectivity index (χ3n) is 2.66. The maximum absolute atomic E-state index is 11.7. The van der Waals surface area contributed by atoms with E-state index in [-0.39, 0.29) is 5.78 Å². The lowest BCUT2D eigenvalue weighted by atomic mass is 10.0. The van der Waals surface area contributed by atoms with Crippen LogP contribution in [0.2, 0.25) is 0 Å². The van der Waals surface area contributed by atoms with Crippen molar-refractivity contribution in [3.63, 3.8) is 0 Å². The van der Waals surface area contributed by atoms with Crippen LogP contribution in [-0.2, 0) is 4.79 Å². The topological polar surface area (TPSA) is 54.4 Å². The molecule has 0 amide bonds. The summed E-state index contributed by atoms with van der Waals surface area (Å²) >= 11 is 0. The molecule has 0 aromatic heterocycles. The first-order chi connectivity index (χ1) is 8.56. The van der Waals surface area contributed by atoms with Gasteiger partial charge in [-0.1, -0.05) is 35.9 Å². The van der Waals surface area contributed by atoms with E-state index in [4.69, 9.17) is 5.11 Å². The van der Waals surface area contributed by atoms with Gasteiger partial charge in [-0.2, -0.15) is 0 Å². The Balaban J connectivity index is 2.38. The third kappa shape index (κ3) is 2.63. The van der Waals surface area contributed by atoms with Crippen LogP contribution in [0.15, 0.2) is 48.6 Å². The molecule has 18 heavy (non-hydrogen) atoms. The average Bonchev–Trinajstić information content (AvgIpc) is 2.35. The standard InChI is InChI=1S/C15H12O3/c1-10-2-3-12-9-13(5-4-11(12)8-10)14(16)6-7-15(17)18/h2-9H,1H3,(H,17,18). The highest BCUT2D eigenvalue weighted by Crippen LogP contribution is 2.18. The zero-order chi connectivity index (χ0) is 13.1. The van der Waals surface area contributed by atoms with E-state index in [1.54, 1.807) is 12.1 Å². The third-order valence-corrected chi connectivity index (χ3v) is 2.66. The first-order valence-electron chi connectivity index (χ1n) is 5.52. The fraction of sp³-hybridized carbons (Fsp3) is 0.0667. The Morgan fingerprint density at radius 2 is 1.67 bits per heavy atom. The Bertz CT molecular complexity index is 654. The van der Waals surface area contributed by atoms with Crippen molar-refractivity contribution >= 4 is 22.5 Å². The minimum absolute atomic E-state index is 0.306. The van der Waals surface area contributed by atoms with Crippen molar-refractivity contribution in [1.29, 1.82) is 0 Å². The quantitative estimate of drug-likeness (QED) is 0.662. The first-order valence-corrected chi connectivity index (χ1v) is 5.52. The molecule has 2 aromatic rings. The lowest BCUT2D eigenvalue weighted by Gasteiger charge is -2.01. The van der Waals surface area contributed by atoms with Crippen LogP contribution in [0.25, 0.3) is 10.8 Å². The van der Waals surface area contributed by atoms with Gasteiger partial charge in [0.2, 0.25) is 0 Å². The Kier molecular flexibility index (Phi) is 3.24. The molecular formula is C15H12O3. The van der Waals surface area contributed by atoms with E-state index in [9.17, 15) is 9.59 Å². The molecule has 0 aliphatic carbocycles. The number of allylic oxidation sites excluding steroid dienone is 1. The molecular weight excluding hydrogens is 228 g/mol. The molecule has 3 heteroatoms. The van der Waals surface area contributed by atoms with Crippen molar-refractivity contribution < 1.29 is 14.7 Å². The molecule has 0 fully saturated rings. The van der Waals surface area contributed by atoms with Gasteiger partial charge in [0.15, 0.2) is 5.78 Å². The summed E-state index contributed by atoms with van der Waals surface area (Å²) in [5.41, 5.74) is 1.65. The highest BCUT2D eigenvalue weighted by molar-refractivity contribution is 6.08. The summed E-state index contributed by atoms with van der Waals surface area (Å²) in [5, 5.41) is 10.5. The van der Waals surface area contributed by atoms with Crippen LogP contribution in [0.3, 0.4) is 0 Å². The molecule has 0 bridgehead atoms. The van der Waals surface area contributed by atoms with Crippen LogP contribution in [0.5, 0.6) is 0 Å². The summed E-state index contributed by atoms with van der Waals surface area (Å²) in [5.74, 6) is -1.43. The second-order valence-electron chi connectivity index (χ2n) is 4.10. The largest absolute Gasteiger partial charge is 0.478 e. The Hall–Kier alpha value is -2.42. The van der Waals surface area contributed by atoms with Crippen LogP contribution < -0.4 is 0 Å². The van der Waals surface area contributed by atoms with Crippen molar-refractivity contribution in [3.05, 3.63) is 59.7 Å². The van der Waals surface area contributed by atoms with Crippen molar-refractivity contribution in [2.24, 2.45) is 0 Å². The van der Waals surface area contributed by atoms with Gasteiger partial charge in [0.05, 0.1) is 0 Å². The zero-order valence-electron chi connectivity index (χ0n) is 9.88. The van der Waals surface area contributed by atoms with Crippen molar-refractivity contribution in [2.75, 3.05) is 0 Å². The molecule has 0 heterocycles. The normalized spacial score (nSPS) is 10.9. The van der Waals surface area contributed by atoms with Gasteiger partial charge in [0.25, 0.3) is 0 Å². The van der Waals surface area contributed by atoms with Crippen LogP contribution in [0, 0.1) is 6.92 Å². The molecule has 0 aliphatic rings. The summed E-state index contributed by atoms with van der Waals surface area (Å²) in [6, 6.07) is 11.3. The fourth-order valence-corrected chi connectivity index (χ4v) is 1.76. The molecule has 0 radical (unpaired) electrons. The smallest absolute Gasteiger partial charge is 0.328 e. The minimum atomic E-state index is -1.13. The predicted molar refractivity (Wildman–Crippen MR) is 69.8 cm³/mol. The number of carboxylic acid groups (broad SMARTS) is 1. The van der Waals surface area contributed by atoms with E-state index in [2.05, 4.69) is 0 Å². The van der Waals surface area contributed by atoms with Crippen molar-refractivity contribution in [1.82, 2.24) is 0 Å². The second kappa shape index (κ2) is 4.84. The number of carbonyl (C=O) groups is 2. The summed E-state index contributed by atoms with van der Waals surface area (Å²) < 4.78 is 0. The number of carboxylic acids is 1. The minimum Gasteiger partial charge on any atom is -0.478 e. The van der Waals surface area contributed by atoms with Crippen molar-refractivity contribution in [3.8, 4) is 0 Å². The van der Waals surface area contributed by atoms with Gasteiger partial charge in [-0.05, 0) is 29.8 Å². The summed E-state index contributed by atoms with van der Waals surface area (Å²) in [6.45, 7) is 2.01. The van der Waals surface area contributed by atoms with E-state index in [0.29, 0.717) is 5.56 Å². The predicted octanol–water partition coefficient (Wildman–Crippen LogP) is 2.97. The van der Waals surface area contributed by atoms with Gasteiger partial charge in [-0.25, -0.2) is 4.79 Å². The molecule has 2 aromatic carbocycles. The number of benzene rings is 2. The fourth-order valence-electron chi connectivity index (χ4n) is 1.76. The van der Waals surface area contributed by atoms with E-state index < -0.39 is 5.97 Å². The lowest BCUT2D eigenvalue weighted by Crippen LogP contribution is -1.96. The van der Waals surface area contributed by atoms with Crippen LogP contribution in [-0.4, -0.2) is 16.9 Å². The number of hydrogen-bond acceptors (Lipinski definition) is 2. The molecule has 2 rings (SSSR count). The van der Waals surface area contributed by atoms with Gasteiger partial charge >= 0.3 is 5.97 Å². The number of ketones is 1. The van der Waals surface area contributed by atoms with Gasteiger partial charge in [0.1, 0.15) is 0 Å². The van der Waals surface area contributed by atoms with Gasteiger partial charge in [-0.15, -0.1) is 0 Å². The molecule has 0 unspecified atom stereocenters. The van der Waals surface area contributed by atoms with Crippen LogP contribution >= 0.6 is 0 Å². The highest BCUT2D eigenvalue weighted by atomic mass is 16.4. The van der Waals surface area contributed by atoms with Crippen LogP contribution in [0.4, 0.5) is 0 Å².